The summed E-state index contributed by atoms with van der Waals surface area (Å²) in [5.41, 5.74) is 2.40. The molecular weight excluding hydrogens is 252 g/mol. The number of hydrogen-bond acceptors (Lipinski definition) is 3. The SMILES string of the molecule is O=C(CCc1ccc2c(c1)CNCCO2)NCC1CC1. The zero-order valence-corrected chi connectivity index (χ0v) is 11.8. The molecule has 1 fully saturated rings. The molecule has 0 bridgehead atoms. The highest BCUT2D eigenvalue weighted by molar-refractivity contribution is 5.76. The van der Waals surface area contributed by atoms with E-state index in [2.05, 4.69) is 22.8 Å². The average Bonchev–Trinajstić information content (AvgIpc) is 3.29. The third-order valence-corrected chi connectivity index (χ3v) is 3.90. The van der Waals surface area contributed by atoms with E-state index < -0.39 is 0 Å². The van der Waals surface area contributed by atoms with Gasteiger partial charge in [-0.3, -0.25) is 4.79 Å². The largest absolute Gasteiger partial charge is 0.492 e. The second kappa shape index (κ2) is 6.27. The third kappa shape index (κ3) is 3.73. The molecular formula is C16H22N2O2. The molecule has 108 valence electrons. The van der Waals surface area contributed by atoms with Gasteiger partial charge in [0.1, 0.15) is 12.4 Å². The zero-order valence-electron chi connectivity index (χ0n) is 11.8. The number of carbonyl (C=O) groups is 1. The van der Waals surface area contributed by atoms with Crippen molar-refractivity contribution in [3.63, 3.8) is 0 Å². The summed E-state index contributed by atoms with van der Waals surface area (Å²) in [6.07, 6.45) is 3.92. The van der Waals surface area contributed by atoms with Crippen LogP contribution in [0, 0.1) is 5.92 Å². The predicted octanol–water partition coefficient (Wildman–Crippen LogP) is 1.63. The molecule has 3 rings (SSSR count). The molecule has 0 atom stereocenters. The Bertz CT molecular complexity index is 483. The summed E-state index contributed by atoms with van der Waals surface area (Å²) in [4.78, 5) is 11.7. The van der Waals surface area contributed by atoms with Crippen molar-refractivity contribution in [2.45, 2.75) is 32.2 Å². The van der Waals surface area contributed by atoms with Gasteiger partial charge in [0.2, 0.25) is 5.91 Å². The fourth-order valence-corrected chi connectivity index (χ4v) is 2.45. The summed E-state index contributed by atoms with van der Waals surface area (Å²) in [5, 5.41) is 6.34. The summed E-state index contributed by atoms with van der Waals surface area (Å²) in [6, 6.07) is 6.25. The van der Waals surface area contributed by atoms with Gasteiger partial charge in [0.25, 0.3) is 0 Å². The lowest BCUT2D eigenvalue weighted by atomic mass is 10.1. The van der Waals surface area contributed by atoms with Crippen LogP contribution < -0.4 is 15.4 Å². The first-order valence-electron chi connectivity index (χ1n) is 7.53. The van der Waals surface area contributed by atoms with Crippen molar-refractivity contribution >= 4 is 5.91 Å². The minimum atomic E-state index is 0.168. The minimum Gasteiger partial charge on any atom is -0.492 e. The maximum absolute atomic E-state index is 11.7. The quantitative estimate of drug-likeness (QED) is 0.858. The van der Waals surface area contributed by atoms with E-state index in [1.807, 2.05) is 6.07 Å². The van der Waals surface area contributed by atoms with Gasteiger partial charge in [-0.1, -0.05) is 12.1 Å². The van der Waals surface area contributed by atoms with Crippen LogP contribution in [-0.2, 0) is 17.8 Å². The first kappa shape index (κ1) is 13.4. The first-order valence-corrected chi connectivity index (χ1v) is 7.53. The van der Waals surface area contributed by atoms with Gasteiger partial charge in [-0.2, -0.15) is 0 Å². The van der Waals surface area contributed by atoms with E-state index in [0.717, 1.165) is 44.3 Å². The number of carbonyl (C=O) groups excluding carboxylic acids is 1. The molecule has 20 heavy (non-hydrogen) atoms. The minimum absolute atomic E-state index is 0.168. The maximum Gasteiger partial charge on any atom is 0.220 e. The lowest BCUT2D eigenvalue weighted by Gasteiger charge is -2.09. The molecule has 1 amide bonds. The van der Waals surface area contributed by atoms with Crippen molar-refractivity contribution in [3.8, 4) is 5.75 Å². The molecule has 1 aliphatic carbocycles. The molecule has 4 nitrogen and oxygen atoms in total. The first-order chi connectivity index (χ1) is 9.81. The van der Waals surface area contributed by atoms with Crippen molar-refractivity contribution in [2.75, 3.05) is 19.7 Å². The number of ether oxygens (including phenoxy) is 1. The van der Waals surface area contributed by atoms with E-state index >= 15 is 0 Å². The highest BCUT2D eigenvalue weighted by atomic mass is 16.5. The van der Waals surface area contributed by atoms with Crippen molar-refractivity contribution in [1.29, 1.82) is 0 Å². The normalized spacial score (nSPS) is 17.8. The van der Waals surface area contributed by atoms with Gasteiger partial charge in [0, 0.05) is 31.6 Å². The van der Waals surface area contributed by atoms with E-state index in [4.69, 9.17) is 4.74 Å². The molecule has 0 radical (unpaired) electrons. The number of nitrogens with one attached hydrogen (secondary N) is 2. The Morgan fingerprint density at radius 1 is 1.40 bits per heavy atom. The third-order valence-electron chi connectivity index (χ3n) is 3.90. The molecule has 4 heteroatoms. The van der Waals surface area contributed by atoms with Crippen molar-refractivity contribution in [2.24, 2.45) is 5.92 Å². The second-order valence-corrected chi connectivity index (χ2v) is 5.71. The Morgan fingerprint density at radius 3 is 3.15 bits per heavy atom. The molecule has 0 spiro atoms. The lowest BCUT2D eigenvalue weighted by Crippen LogP contribution is -2.25. The standard InChI is InChI=1S/C16H22N2O2/c19-16(18-10-13-1-2-13)6-4-12-3-5-15-14(9-12)11-17-7-8-20-15/h3,5,9,13,17H,1-2,4,6-8,10-11H2,(H,18,19). The molecule has 1 heterocycles. The Hall–Kier alpha value is -1.55. The number of hydrogen-bond donors (Lipinski definition) is 2. The highest BCUT2D eigenvalue weighted by Crippen LogP contribution is 2.27. The fourth-order valence-electron chi connectivity index (χ4n) is 2.45. The van der Waals surface area contributed by atoms with Gasteiger partial charge in [-0.25, -0.2) is 0 Å². The van der Waals surface area contributed by atoms with Crippen LogP contribution in [-0.4, -0.2) is 25.6 Å². The van der Waals surface area contributed by atoms with Crippen LogP contribution in [0.15, 0.2) is 18.2 Å². The number of amides is 1. The van der Waals surface area contributed by atoms with Gasteiger partial charge >= 0.3 is 0 Å². The molecule has 1 aliphatic heterocycles. The van der Waals surface area contributed by atoms with E-state index in [0.29, 0.717) is 6.42 Å². The molecule has 1 saturated carbocycles. The Kier molecular flexibility index (Phi) is 4.21. The fraction of sp³-hybridized carbons (Fsp3) is 0.562. The molecule has 1 aromatic carbocycles. The summed E-state index contributed by atoms with van der Waals surface area (Å²) >= 11 is 0. The number of fused-ring (bicyclic) bond motifs is 1. The van der Waals surface area contributed by atoms with E-state index in [1.54, 1.807) is 0 Å². The van der Waals surface area contributed by atoms with Crippen LogP contribution in [0.4, 0.5) is 0 Å². The Labute approximate surface area is 119 Å². The van der Waals surface area contributed by atoms with E-state index in [1.165, 1.54) is 24.0 Å². The molecule has 1 aromatic rings. The molecule has 2 N–H and O–H groups in total. The lowest BCUT2D eigenvalue weighted by molar-refractivity contribution is -0.121. The van der Waals surface area contributed by atoms with Gasteiger partial charge in [-0.15, -0.1) is 0 Å². The van der Waals surface area contributed by atoms with Gasteiger partial charge in [-0.05, 0) is 36.8 Å². The van der Waals surface area contributed by atoms with Crippen molar-refractivity contribution < 1.29 is 9.53 Å². The smallest absolute Gasteiger partial charge is 0.220 e. The summed E-state index contributed by atoms with van der Waals surface area (Å²) in [5.74, 6) is 1.88. The van der Waals surface area contributed by atoms with Crippen LogP contribution in [0.3, 0.4) is 0 Å². The monoisotopic (exact) mass is 274 g/mol. The van der Waals surface area contributed by atoms with Crippen molar-refractivity contribution in [3.05, 3.63) is 29.3 Å². The van der Waals surface area contributed by atoms with Crippen LogP contribution in [0.5, 0.6) is 5.75 Å². The van der Waals surface area contributed by atoms with Crippen molar-refractivity contribution in [1.82, 2.24) is 10.6 Å². The van der Waals surface area contributed by atoms with Crippen LogP contribution >= 0.6 is 0 Å². The highest BCUT2D eigenvalue weighted by Gasteiger charge is 2.21. The van der Waals surface area contributed by atoms with Crippen LogP contribution in [0.1, 0.15) is 30.4 Å². The van der Waals surface area contributed by atoms with E-state index in [9.17, 15) is 4.79 Å². The van der Waals surface area contributed by atoms with Gasteiger partial charge in [0.15, 0.2) is 0 Å². The van der Waals surface area contributed by atoms with Gasteiger partial charge in [0.05, 0.1) is 0 Å². The Balaban J connectivity index is 1.51. The molecule has 0 saturated heterocycles. The second-order valence-electron chi connectivity index (χ2n) is 5.71. The van der Waals surface area contributed by atoms with E-state index in [-0.39, 0.29) is 5.91 Å². The van der Waals surface area contributed by atoms with Gasteiger partial charge < -0.3 is 15.4 Å². The van der Waals surface area contributed by atoms with Crippen LogP contribution in [0.2, 0.25) is 0 Å². The average molecular weight is 274 g/mol. The molecule has 2 aliphatic rings. The molecule has 0 aromatic heterocycles. The zero-order chi connectivity index (χ0) is 13.8. The summed E-state index contributed by atoms with van der Waals surface area (Å²) in [6.45, 7) is 3.31. The predicted molar refractivity (Wildman–Crippen MR) is 77.7 cm³/mol. The Morgan fingerprint density at radius 2 is 2.30 bits per heavy atom. The number of rotatable bonds is 5. The number of benzene rings is 1. The maximum atomic E-state index is 11.7. The number of aryl methyl sites for hydroxylation is 1. The summed E-state index contributed by atoms with van der Waals surface area (Å²) in [7, 11) is 0. The summed E-state index contributed by atoms with van der Waals surface area (Å²) < 4.78 is 5.66. The molecule has 0 unspecified atom stereocenters. The van der Waals surface area contributed by atoms with Crippen LogP contribution in [0.25, 0.3) is 0 Å². The topological polar surface area (TPSA) is 50.4 Å².